The standard InChI is InChI=1S/C15H20N2O3/c18-6-5-15(3-4-15)10-16-8-11-1-2-13-12(7-11)17-14(19)9-20-13/h1-2,7,16,18H,3-6,8-10H2,(H,17,19). The number of carbonyl (C=O) groups excluding carboxylic acids is 1. The lowest BCUT2D eigenvalue weighted by Crippen LogP contribution is -2.26. The van der Waals surface area contributed by atoms with Gasteiger partial charge in [-0.15, -0.1) is 0 Å². The van der Waals surface area contributed by atoms with E-state index in [0.717, 1.165) is 36.5 Å². The van der Waals surface area contributed by atoms with Gasteiger partial charge in [-0.05, 0) is 42.4 Å². The first-order chi connectivity index (χ1) is 9.71. The van der Waals surface area contributed by atoms with E-state index >= 15 is 0 Å². The number of amides is 1. The fourth-order valence-electron chi connectivity index (χ4n) is 2.64. The largest absolute Gasteiger partial charge is 0.482 e. The third-order valence-electron chi connectivity index (χ3n) is 4.11. The third kappa shape index (κ3) is 2.94. The summed E-state index contributed by atoms with van der Waals surface area (Å²) in [7, 11) is 0. The van der Waals surface area contributed by atoms with Crippen LogP contribution in [0.15, 0.2) is 18.2 Å². The number of fused-ring (bicyclic) bond motifs is 1. The minimum atomic E-state index is -0.109. The quantitative estimate of drug-likeness (QED) is 0.732. The highest BCUT2D eigenvalue weighted by Gasteiger charge is 2.41. The van der Waals surface area contributed by atoms with Crippen LogP contribution in [0, 0.1) is 5.41 Å². The number of hydrogen-bond acceptors (Lipinski definition) is 4. The van der Waals surface area contributed by atoms with E-state index in [-0.39, 0.29) is 19.1 Å². The lowest BCUT2D eigenvalue weighted by atomic mass is 10.0. The number of carbonyl (C=O) groups is 1. The third-order valence-corrected chi connectivity index (χ3v) is 4.11. The normalized spacial score (nSPS) is 18.9. The number of ether oxygens (including phenoxy) is 1. The SMILES string of the molecule is O=C1COc2ccc(CNCC3(CCO)CC3)cc2N1. The van der Waals surface area contributed by atoms with Crippen molar-refractivity contribution in [3.8, 4) is 5.75 Å². The molecule has 0 aromatic heterocycles. The van der Waals surface area contributed by atoms with E-state index in [1.54, 1.807) is 0 Å². The summed E-state index contributed by atoms with van der Waals surface area (Å²) in [6, 6.07) is 5.85. The average Bonchev–Trinajstić information content (AvgIpc) is 3.18. The van der Waals surface area contributed by atoms with Crippen LogP contribution in [0.1, 0.15) is 24.8 Å². The fraction of sp³-hybridized carbons (Fsp3) is 0.533. The first-order valence-corrected chi connectivity index (χ1v) is 7.08. The lowest BCUT2D eigenvalue weighted by Gasteiger charge is -2.19. The molecule has 0 radical (unpaired) electrons. The van der Waals surface area contributed by atoms with Crippen LogP contribution in [-0.4, -0.2) is 30.8 Å². The molecule has 0 atom stereocenters. The number of aliphatic hydroxyl groups is 1. The maximum Gasteiger partial charge on any atom is 0.262 e. The first kappa shape index (κ1) is 13.4. The van der Waals surface area contributed by atoms with Gasteiger partial charge in [0.2, 0.25) is 0 Å². The van der Waals surface area contributed by atoms with Crippen LogP contribution in [0.3, 0.4) is 0 Å². The molecular weight excluding hydrogens is 256 g/mol. The van der Waals surface area contributed by atoms with Gasteiger partial charge in [-0.1, -0.05) is 6.07 Å². The molecule has 20 heavy (non-hydrogen) atoms. The second-order valence-corrected chi connectivity index (χ2v) is 5.74. The molecular formula is C15H20N2O3. The molecule has 0 bridgehead atoms. The van der Waals surface area contributed by atoms with Gasteiger partial charge >= 0.3 is 0 Å². The molecule has 108 valence electrons. The zero-order valence-corrected chi connectivity index (χ0v) is 11.4. The Hall–Kier alpha value is -1.59. The molecule has 3 rings (SSSR count). The molecule has 1 fully saturated rings. The molecule has 1 aliphatic carbocycles. The number of nitrogens with one attached hydrogen (secondary N) is 2. The highest BCUT2D eigenvalue weighted by atomic mass is 16.5. The van der Waals surface area contributed by atoms with Gasteiger partial charge in [0.1, 0.15) is 5.75 Å². The molecule has 2 aliphatic rings. The minimum absolute atomic E-state index is 0.0915. The summed E-state index contributed by atoms with van der Waals surface area (Å²) in [6.07, 6.45) is 3.29. The molecule has 3 N–H and O–H groups in total. The average molecular weight is 276 g/mol. The molecule has 5 nitrogen and oxygen atoms in total. The number of hydrogen-bond donors (Lipinski definition) is 3. The molecule has 0 unspecified atom stereocenters. The topological polar surface area (TPSA) is 70.6 Å². The van der Waals surface area contributed by atoms with Crippen molar-refractivity contribution < 1.29 is 14.6 Å². The first-order valence-electron chi connectivity index (χ1n) is 7.08. The van der Waals surface area contributed by atoms with Gasteiger partial charge < -0.3 is 20.5 Å². The molecule has 0 saturated heterocycles. The van der Waals surface area contributed by atoms with Crippen LogP contribution in [-0.2, 0) is 11.3 Å². The molecule has 1 amide bonds. The van der Waals surface area contributed by atoms with Crippen LogP contribution < -0.4 is 15.4 Å². The lowest BCUT2D eigenvalue weighted by molar-refractivity contribution is -0.118. The zero-order chi connectivity index (χ0) is 14.0. The van der Waals surface area contributed by atoms with Gasteiger partial charge in [-0.2, -0.15) is 0 Å². The van der Waals surface area contributed by atoms with Crippen LogP contribution in [0.25, 0.3) is 0 Å². The maximum absolute atomic E-state index is 11.3. The van der Waals surface area contributed by atoms with E-state index in [0.29, 0.717) is 5.41 Å². The van der Waals surface area contributed by atoms with Gasteiger partial charge in [0.25, 0.3) is 5.91 Å². The molecule has 1 aromatic carbocycles. The van der Waals surface area contributed by atoms with E-state index in [1.807, 2.05) is 18.2 Å². The minimum Gasteiger partial charge on any atom is -0.482 e. The van der Waals surface area contributed by atoms with Gasteiger partial charge in [-0.25, -0.2) is 0 Å². The number of rotatable bonds is 6. The maximum atomic E-state index is 11.3. The van der Waals surface area contributed by atoms with E-state index in [1.165, 1.54) is 12.8 Å². The smallest absolute Gasteiger partial charge is 0.262 e. The summed E-state index contributed by atoms with van der Waals surface area (Å²) in [6.45, 7) is 2.06. The van der Waals surface area contributed by atoms with Crippen LogP contribution in [0.5, 0.6) is 5.75 Å². The monoisotopic (exact) mass is 276 g/mol. The molecule has 1 heterocycles. The Labute approximate surface area is 118 Å². The molecule has 1 aromatic rings. The van der Waals surface area contributed by atoms with Crippen molar-refractivity contribution in [1.82, 2.24) is 5.32 Å². The van der Waals surface area contributed by atoms with E-state index < -0.39 is 0 Å². The van der Waals surface area contributed by atoms with Crippen molar-refractivity contribution in [3.63, 3.8) is 0 Å². The Morgan fingerprint density at radius 1 is 1.40 bits per heavy atom. The van der Waals surface area contributed by atoms with Crippen molar-refractivity contribution in [2.24, 2.45) is 5.41 Å². The fourth-order valence-corrected chi connectivity index (χ4v) is 2.64. The van der Waals surface area contributed by atoms with Gasteiger partial charge in [-0.3, -0.25) is 4.79 Å². The Balaban J connectivity index is 1.56. The van der Waals surface area contributed by atoms with Gasteiger partial charge in [0.15, 0.2) is 6.61 Å². The second kappa shape index (κ2) is 5.42. The van der Waals surface area contributed by atoms with Gasteiger partial charge in [0.05, 0.1) is 5.69 Å². The Bertz CT molecular complexity index is 512. The zero-order valence-electron chi connectivity index (χ0n) is 11.4. The second-order valence-electron chi connectivity index (χ2n) is 5.74. The summed E-state index contributed by atoms with van der Waals surface area (Å²) < 4.78 is 5.33. The van der Waals surface area contributed by atoms with Crippen molar-refractivity contribution >= 4 is 11.6 Å². The van der Waals surface area contributed by atoms with E-state index in [2.05, 4.69) is 10.6 Å². The van der Waals surface area contributed by atoms with Crippen molar-refractivity contribution in [1.29, 1.82) is 0 Å². The van der Waals surface area contributed by atoms with Crippen molar-refractivity contribution in [2.45, 2.75) is 25.8 Å². The highest BCUT2D eigenvalue weighted by Crippen LogP contribution is 2.47. The predicted molar refractivity (Wildman–Crippen MR) is 75.6 cm³/mol. The van der Waals surface area contributed by atoms with Crippen LogP contribution >= 0.6 is 0 Å². The van der Waals surface area contributed by atoms with Crippen molar-refractivity contribution in [2.75, 3.05) is 25.1 Å². The van der Waals surface area contributed by atoms with Crippen LogP contribution in [0.2, 0.25) is 0 Å². The molecule has 5 heteroatoms. The van der Waals surface area contributed by atoms with Gasteiger partial charge in [0, 0.05) is 19.7 Å². The molecule has 1 saturated carbocycles. The number of aliphatic hydroxyl groups excluding tert-OH is 1. The number of benzene rings is 1. The predicted octanol–water partition coefficient (Wildman–Crippen LogP) is 1.27. The van der Waals surface area contributed by atoms with E-state index in [4.69, 9.17) is 9.84 Å². The Morgan fingerprint density at radius 2 is 2.25 bits per heavy atom. The van der Waals surface area contributed by atoms with Crippen molar-refractivity contribution in [3.05, 3.63) is 23.8 Å². The van der Waals surface area contributed by atoms with E-state index in [9.17, 15) is 4.79 Å². The Morgan fingerprint density at radius 3 is 3.00 bits per heavy atom. The summed E-state index contributed by atoms with van der Waals surface area (Å²) >= 11 is 0. The summed E-state index contributed by atoms with van der Waals surface area (Å²) in [5, 5.41) is 15.3. The Kier molecular flexibility index (Phi) is 3.63. The highest BCUT2D eigenvalue weighted by molar-refractivity contribution is 5.95. The summed E-state index contributed by atoms with van der Waals surface area (Å²) in [5.41, 5.74) is 2.19. The molecule has 1 aliphatic heterocycles. The van der Waals surface area contributed by atoms with Crippen LogP contribution in [0.4, 0.5) is 5.69 Å². The molecule has 0 spiro atoms. The summed E-state index contributed by atoms with van der Waals surface area (Å²) in [5.74, 6) is 0.620. The summed E-state index contributed by atoms with van der Waals surface area (Å²) in [4.78, 5) is 11.3. The number of anilines is 1.